The van der Waals surface area contributed by atoms with Crippen LogP contribution in [0.15, 0.2) is 24.7 Å². The molecule has 0 radical (unpaired) electrons. The van der Waals surface area contributed by atoms with Gasteiger partial charge in [-0.3, -0.25) is 14.9 Å². The van der Waals surface area contributed by atoms with Gasteiger partial charge in [-0.15, -0.1) is 0 Å². The molecule has 0 aliphatic heterocycles. The zero-order valence-electron chi connectivity index (χ0n) is 11.0. The minimum atomic E-state index is -0.675. The van der Waals surface area contributed by atoms with Gasteiger partial charge >= 0.3 is 0 Å². The molecule has 8 nitrogen and oxygen atoms in total. The average molecular weight is 310 g/mol. The van der Waals surface area contributed by atoms with Gasteiger partial charge in [-0.05, 0) is 12.5 Å². The molecule has 2 rings (SSSR count). The van der Waals surface area contributed by atoms with Crippen LogP contribution in [0.25, 0.3) is 0 Å². The molecule has 1 atom stereocenters. The first-order valence-electron chi connectivity index (χ1n) is 6.13. The van der Waals surface area contributed by atoms with Crippen LogP contribution in [0.4, 0.5) is 5.69 Å². The highest BCUT2D eigenvalue weighted by atomic mass is 35.5. The van der Waals surface area contributed by atoms with Gasteiger partial charge in [0, 0.05) is 12.4 Å². The molecular formula is C12H12ClN5O3. The topological polar surface area (TPSA) is 114 Å². The Morgan fingerprint density at radius 2 is 2.33 bits per heavy atom. The number of rotatable bonds is 5. The molecular weight excluding hydrogens is 298 g/mol. The summed E-state index contributed by atoms with van der Waals surface area (Å²) in [5.41, 5.74) is -0.531. The normalized spacial score (nSPS) is 11.9. The number of hydrogen-bond acceptors (Lipinski definition) is 5. The summed E-state index contributed by atoms with van der Waals surface area (Å²) in [5.74, 6) is -0.0251. The van der Waals surface area contributed by atoms with E-state index in [1.165, 1.54) is 6.07 Å². The van der Waals surface area contributed by atoms with E-state index in [1.807, 2.05) is 6.92 Å². The Labute approximate surface area is 124 Å². The molecule has 0 bridgehead atoms. The fraction of sp³-hybridized carbons (Fsp3) is 0.250. The van der Waals surface area contributed by atoms with E-state index < -0.39 is 16.5 Å². The number of pyridine rings is 1. The van der Waals surface area contributed by atoms with Crippen molar-refractivity contribution in [3.05, 3.63) is 51.3 Å². The van der Waals surface area contributed by atoms with Gasteiger partial charge in [-0.1, -0.05) is 18.5 Å². The van der Waals surface area contributed by atoms with Crippen molar-refractivity contribution in [2.45, 2.75) is 19.4 Å². The fourth-order valence-electron chi connectivity index (χ4n) is 1.82. The molecule has 2 N–H and O–H groups in total. The van der Waals surface area contributed by atoms with Crippen molar-refractivity contribution in [3.8, 4) is 0 Å². The third-order valence-corrected chi connectivity index (χ3v) is 3.06. The first-order chi connectivity index (χ1) is 10.0. The summed E-state index contributed by atoms with van der Waals surface area (Å²) in [6, 6.07) is 0.795. The van der Waals surface area contributed by atoms with E-state index in [1.54, 1.807) is 12.4 Å². The van der Waals surface area contributed by atoms with Crippen molar-refractivity contribution in [1.82, 2.24) is 20.3 Å². The SMILES string of the molecule is CCC(NC(=O)c1cc(Cl)ncc1[N+](=O)[O-])c1ncc[nH]1. The number of H-pyrrole nitrogens is 1. The molecule has 0 aliphatic carbocycles. The number of aromatic nitrogens is 3. The summed E-state index contributed by atoms with van der Waals surface area (Å²) in [4.78, 5) is 33.1. The van der Waals surface area contributed by atoms with Crippen LogP contribution in [0.5, 0.6) is 0 Å². The number of carbonyl (C=O) groups is 1. The first-order valence-corrected chi connectivity index (χ1v) is 6.50. The molecule has 9 heteroatoms. The molecule has 0 saturated carbocycles. The van der Waals surface area contributed by atoms with E-state index in [0.717, 1.165) is 6.20 Å². The number of carbonyl (C=O) groups excluding carboxylic acids is 1. The molecule has 0 aliphatic rings. The van der Waals surface area contributed by atoms with Gasteiger partial charge < -0.3 is 10.3 Å². The van der Waals surface area contributed by atoms with Crippen molar-refractivity contribution in [3.63, 3.8) is 0 Å². The number of nitrogens with one attached hydrogen (secondary N) is 2. The lowest BCUT2D eigenvalue weighted by Crippen LogP contribution is -2.29. The van der Waals surface area contributed by atoms with Crippen LogP contribution < -0.4 is 5.32 Å². The Kier molecular flexibility index (Phi) is 4.49. The molecule has 0 aromatic carbocycles. The predicted molar refractivity (Wildman–Crippen MR) is 75.0 cm³/mol. The van der Waals surface area contributed by atoms with Crippen LogP contribution in [0, 0.1) is 10.1 Å². The third-order valence-electron chi connectivity index (χ3n) is 2.85. The highest BCUT2D eigenvalue weighted by molar-refractivity contribution is 6.29. The number of nitrogens with zero attached hydrogens (tertiary/aromatic N) is 3. The van der Waals surface area contributed by atoms with Crippen molar-refractivity contribution in [1.29, 1.82) is 0 Å². The van der Waals surface area contributed by atoms with Gasteiger partial charge in [0.2, 0.25) is 0 Å². The van der Waals surface area contributed by atoms with Gasteiger partial charge in [0.15, 0.2) is 0 Å². The predicted octanol–water partition coefficient (Wildman–Crippen LogP) is 2.25. The Morgan fingerprint density at radius 3 is 2.90 bits per heavy atom. The van der Waals surface area contributed by atoms with Gasteiger partial charge in [0.05, 0.1) is 11.0 Å². The largest absolute Gasteiger partial charge is 0.347 e. The van der Waals surface area contributed by atoms with Crippen LogP contribution in [0.2, 0.25) is 5.15 Å². The second kappa shape index (κ2) is 6.31. The minimum Gasteiger partial charge on any atom is -0.347 e. The molecule has 21 heavy (non-hydrogen) atoms. The highest BCUT2D eigenvalue weighted by Crippen LogP contribution is 2.21. The van der Waals surface area contributed by atoms with Gasteiger partial charge in [0.25, 0.3) is 11.6 Å². The lowest BCUT2D eigenvalue weighted by Gasteiger charge is -2.14. The second-order valence-electron chi connectivity index (χ2n) is 4.19. The Hall–Kier alpha value is -2.48. The van der Waals surface area contributed by atoms with E-state index in [-0.39, 0.29) is 16.8 Å². The van der Waals surface area contributed by atoms with Crippen LogP contribution in [0.3, 0.4) is 0 Å². The molecule has 2 heterocycles. The van der Waals surface area contributed by atoms with Crippen molar-refractivity contribution < 1.29 is 9.72 Å². The molecule has 1 unspecified atom stereocenters. The standard InChI is InChI=1S/C12H12ClN5O3/c1-2-8(11-14-3-4-15-11)17-12(19)7-5-10(13)16-6-9(7)18(20)21/h3-6,8H,2H2,1H3,(H,14,15)(H,17,19). The van der Waals surface area contributed by atoms with Crippen LogP contribution in [0.1, 0.15) is 35.6 Å². The lowest BCUT2D eigenvalue weighted by atomic mass is 10.1. The minimum absolute atomic E-state index is 0.0109. The van der Waals surface area contributed by atoms with E-state index >= 15 is 0 Å². The molecule has 0 fully saturated rings. The second-order valence-corrected chi connectivity index (χ2v) is 4.58. The number of hydrogen-bond donors (Lipinski definition) is 2. The molecule has 110 valence electrons. The maximum absolute atomic E-state index is 12.2. The molecule has 0 spiro atoms. The van der Waals surface area contributed by atoms with E-state index in [2.05, 4.69) is 20.3 Å². The fourth-order valence-corrected chi connectivity index (χ4v) is 1.98. The quantitative estimate of drug-likeness (QED) is 0.499. The third kappa shape index (κ3) is 3.34. The number of halogens is 1. The molecule has 2 aromatic heterocycles. The van der Waals surface area contributed by atoms with Gasteiger partial charge in [-0.2, -0.15) is 0 Å². The lowest BCUT2D eigenvalue weighted by molar-refractivity contribution is -0.385. The van der Waals surface area contributed by atoms with Crippen molar-refractivity contribution >= 4 is 23.2 Å². The Balaban J connectivity index is 2.27. The monoisotopic (exact) mass is 309 g/mol. The number of aromatic amines is 1. The van der Waals surface area contributed by atoms with Crippen molar-refractivity contribution in [2.24, 2.45) is 0 Å². The summed E-state index contributed by atoms with van der Waals surface area (Å²) in [6.45, 7) is 1.86. The van der Waals surface area contributed by atoms with Crippen LogP contribution >= 0.6 is 11.6 Å². The Bertz CT molecular complexity index is 659. The summed E-state index contributed by atoms with van der Waals surface area (Å²) in [7, 11) is 0. The zero-order valence-corrected chi connectivity index (χ0v) is 11.8. The van der Waals surface area contributed by atoms with E-state index in [9.17, 15) is 14.9 Å². The number of amides is 1. The summed E-state index contributed by atoms with van der Waals surface area (Å²) in [5, 5.41) is 13.6. The average Bonchev–Trinajstić information content (AvgIpc) is 2.98. The zero-order chi connectivity index (χ0) is 15.4. The van der Waals surface area contributed by atoms with E-state index in [0.29, 0.717) is 12.2 Å². The summed E-state index contributed by atoms with van der Waals surface area (Å²) < 4.78 is 0. The van der Waals surface area contributed by atoms with Gasteiger partial charge in [-0.25, -0.2) is 9.97 Å². The Morgan fingerprint density at radius 1 is 1.57 bits per heavy atom. The summed E-state index contributed by atoms with van der Waals surface area (Å²) >= 11 is 5.70. The maximum Gasteiger partial charge on any atom is 0.300 e. The number of nitro groups is 1. The highest BCUT2D eigenvalue weighted by Gasteiger charge is 2.24. The molecule has 0 saturated heterocycles. The number of imidazole rings is 1. The summed E-state index contributed by atoms with van der Waals surface area (Å²) in [6.07, 6.45) is 4.74. The van der Waals surface area contributed by atoms with Crippen LogP contribution in [-0.2, 0) is 0 Å². The van der Waals surface area contributed by atoms with Crippen LogP contribution in [-0.4, -0.2) is 25.8 Å². The van der Waals surface area contributed by atoms with Gasteiger partial charge in [0.1, 0.15) is 22.7 Å². The molecule has 2 aromatic rings. The van der Waals surface area contributed by atoms with Crippen molar-refractivity contribution in [2.75, 3.05) is 0 Å². The van der Waals surface area contributed by atoms with E-state index in [4.69, 9.17) is 11.6 Å². The first kappa shape index (κ1) is 14.9. The maximum atomic E-state index is 12.2. The smallest absolute Gasteiger partial charge is 0.300 e. The molecule has 1 amide bonds.